The maximum atomic E-state index is 13.4. The van der Waals surface area contributed by atoms with Crippen LogP contribution >= 0.6 is 0 Å². The molecule has 1 rings (SSSR count). The van der Waals surface area contributed by atoms with E-state index < -0.39 is 41.4 Å². The number of nitrogens with zero attached hydrogens (tertiary/aromatic N) is 1. The second kappa shape index (κ2) is 6.21. The smallest absolute Gasteiger partial charge is 0.323 e. The van der Waals surface area contributed by atoms with Crippen molar-refractivity contribution in [2.45, 2.75) is 13.3 Å². The Balaban J connectivity index is 3.09. The molecule has 0 heterocycles. The van der Waals surface area contributed by atoms with Gasteiger partial charge in [-0.05, 0) is 18.6 Å². The van der Waals surface area contributed by atoms with Gasteiger partial charge in [-0.1, -0.05) is 6.92 Å². The molecule has 7 heteroatoms. The van der Waals surface area contributed by atoms with Crippen LogP contribution < -0.4 is 0 Å². The fourth-order valence-corrected chi connectivity index (χ4v) is 1.55. The van der Waals surface area contributed by atoms with Gasteiger partial charge in [0.1, 0.15) is 6.54 Å². The maximum absolute atomic E-state index is 13.4. The molecule has 1 aromatic carbocycles. The third kappa shape index (κ3) is 3.46. The van der Waals surface area contributed by atoms with Crippen LogP contribution in [0.2, 0.25) is 0 Å². The molecule has 1 aromatic rings. The van der Waals surface area contributed by atoms with E-state index in [-0.39, 0.29) is 6.54 Å². The minimum absolute atomic E-state index is 0.0730. The molecule has 104 valence electrons. The van der Waals surface area contributed by atoms with Crippen molar-refractivity contribution in [2.75, 3.05) is 13.1 Å². The molecule has 0 saturated heterocycles. The summed E-state index contributed by atoms with van der Waals surface area (Å²) in [6.07, 6.45) is 0.449. The second-order valence-electron chi connectivity index (χ2n) is 3.84. The summed E-state index contributed by atoms with van der Waals surface area (Å²) in [6.45, 7) is 1.14. The van der Waals surface area contributed by atoms with E-state index in [4.69, 9.17) is 5.11 Å². The van der Waals surface area contributed by atoms with Crippen LogP contribution in [0.4, 0.5) is 13.2 Å². The molecule has 19 heavy (non-hydrogen) atoms. The first kappa shape index (κ1) is 15.0. The molecular formula is C12H12F3NO3. The van der Waals surface area contributed by atoms with Gasteiger partial charge in [-0.3, -0.25) is 9.59 Å². The van der Waals surface area contributed by atoms with E-state index in [2.05, 4.69) is 0 Å². The standard InChI is InChI=1S/C12H12F3NO3/c1-2-5-16(6-9(17)18)12(19)7-3-4-8(13)11(15)10(7)14/h3-4H,2,5-6H2,1H3,(H,17,18). The van der Waals surface area contributed by atoms with Crippen LogP contribution in [0.3, 0.4) is 0 Å². The highest BCUT2D eigenvalue weighted by Crippen LogP contribution is 2.17. The summed E-state index contributed by atoms with van der Waals surface area (Å²) in [5.74, 6) is -7.03. The molecule has 1 N–H and O–H groups in total. The largest absolute Gasteiger partial charge is 0.480 e. The number of rotatable bonds is 5. The van der Waals surface area contributed by atoms with Crippen LogP contribution in [-0.2, 0) is 4.79 Å². The Kier molecular flexibility index (Phi) is 4.91. The molecule has 0 aliphatic heterocycles. The fraction of sp³-hybridized carbons (Fsp3) is 0.333. The van der Waals surface area contributed by atoms with E-state index in [1.807, 2.05) is 0 Å². The number of aliphatic carboxylic acids is 1. The topological polar surface area (TPSA) is 57.6 Å². The zero-order valence-corrected chi connectivity index (χ0v) is 10.1. The maximum Gasteiger partial charge on any atom is 0.323 e. The van der Waals surface area contributed by atoms with Crippen molar-refractivity contribution in [3.8, 4) is 0 Å². The van der Waals surface area contributed by atoms with Gasteiger partial charge in [-0.2, -0.15) is 0 Å². The monoisotopic (exact) mass is 275 g/mol. The number of carboxylic acids is 1. The lowest BCUT2D eigenvalue weighted by Gasteiger charge is -2.20. The van der Waals surface area contributed by atoms with Crippen molar-refractivity contribution in [3.05, 3.63) is 35.1 Å². The molecular weight excluding hydrogens is 263 g/mol. The van der Waals surface area contributed by atoms with E-state index in [1.165, 1.54) is 0 Å². The number of carboxylic acid groups (broad SMARTS) is 1. The Labute approximate surface area is 107 Å². The van der Waals surface area contributed by atoms with Crippen molar-refractivity contribution in [1.82, 2.24) is 4.90 Å². The third-order valence-corrected chi connectivity index (χ3v) is 2.37. The van der Waals surface area contributed by atoms with Crippen LogP contribution in [0.5, 0.6) is 0 Å². The molecule has 0 unspecified atom stereocenters. The summed E-state index contributed by atoms with van der Waals surface area (Å²) >= 11 is 0. The van der Waals surface area contributed by atoms with Crippen LogP contribution in [0.1, 0.15) is 23.7 Å². The van der Waals surface area contributed by atoms with Crippen molar-refractivity contribution in [3.63, 3.8) is 0 Å². The van der Waals surface area contributed by atoms with Gasteiger partial charge in [-0.25, -0.2) is 13.2 Å². The van der Waals surface area contributed by atoms with E-state index in [9.17, 15) is 22.8 Å². The van der Waals surface area contributed by atoms with Gasteiger partial charge in [0.15, 0.2) is 17.5 Å². The first-order valence-electron chi connectivity index (χ1n) is 5.53. The summed E-state index contributed by atoms with van der Waals surface area (Å²) in [5, 5.41) is 8.65. The molecule has 0 atom stereocenters. The van der Waals surface area contributed by atoms with Crippen LogP contribution in [0.25, 0.3) is 0 Å². The number of hydrogen-bond acceptors (Lipinski definition) is 2. The van der Waals surface area contributed by atoms with E-state index in [0.29, 0.717) is 12.5 Å². The number of carbonyl (C=O) groups is 2. The van der Waals surface area contributed by atoms with Crippen LogP contribution in [-0.4, -0.2) is 35.0 Å². The molecule has 0 spiro atoms. The van der Waals surface area contributed by atoms with Gasteiger partial charge in [0.2, 0.25) is 0 Å². The Hall–Kier alpha value is -2.05. The quantitative estimate of drug-likeness (QED) is 0.837. The Morgan fingerprint density at radius 2 is 1.84 bits per heavy atom. The van der Waals surface area contributed by atoms with Crippen LogP contribution in [0.15, 0.2) is 12.1 Å². The van der Waals surface area contributed by atoms with Gasteiger partial charge in [0.25, 0.3) is 5.91 Å². The molecule has 0 fully saturated rings. The molecule has 0 aliphatic carbocycles. The fourth-order valence-electron chi connectivity index (χ4n) is 1.55. The van der Waals surface area contributed by atoms with Crippen molar-refractivity contribution in [2.24, 2.45) is 0 Å². The van der Waals surface area contributed by atoms with Gasteiger partial charge < -0.3 is 10.0 Å². The van der Waals surface area contributed by atoms with Gasteiger partial charge in [0, 0.05) is 6.54 Å². The molecule has 4 nitrogen and oxygen atoms in total. The van der Waals surface area contributed by atoms with Gasteiger partial charge >= 0.3 is 5.97 Å². The number of amides is 1. The highest BCUT2D eigenvalue weighted by molar-refractivity contribution is 5.96. The third-order valence-electron chi connectivity index (χ3n) is 2.37. The van der Waals surface area contributed by atoms with Crippen molar-refractivity contribution < 1.29 is 27.9 Å². The second-order valence-corrected chi connectivity index (χ2v) is 3.84. The average Bonchev–Trinajstić information content (AvgIpc) is 2.34. The highest BCUT2D eigenvalue weighted by Gasteiger charge is 2.24. The summed E-state index contributed by atoms with van der Waals surface area (Å²) in [7, 11) is 0. The highest BCUT2D eigenvalue weighted by atomic mass is 19.2. The van der Waals surface area contributed by atoms with Gasteiger partial charge in [0.05, 0.1) is 5.56 Å². The lowest BCUT2D eigenvalue weighted by atomic mass is 10.1. The molecule has 0 radical (unpaired) electrons. The lowest BCUT2D eigenvalue weighted by molar-refractivity contribution is -0.137. The Bertz CT molecular complexity index is 505. The first-order valence-corrected chi connectivity index (χ1v) is 5.53. The predicted molar refractivity (Wildman–Crippen MR) is 60.1 cm³/mol. The zero-order chi connectivity index (χ0) is 14.6. The Morgan fingerprint density at radius 3 is 2.37 bits per heavy atom. The molecule has 0 aromatic heterocycles. The molecule has 0 aliphatic rings. The average molecular weight is 275 g/mol. The SMILES string of the molecule is CCCN(CC(=O)O)C(=O)c1ccc(F)c(F)c1F. The van der Waals surface area contributed by atoms with Crippen LogP contribution in [0, 0.1) is 17.5 Å². The summed E-state index contributed by atoms with van der Waals surface area (Å²) in [5.41, 5.74) is -0.686. The summed E-state index contributed by atoms with van der Waals surface area (Å²) in [4.78, 5) is 23.4. The summed E-state index contributed by atoms with van der Waals surface area (Å²) in [6, 6.07) is 1.41. The first-order chi connectivity index (χ1) is 8.88. The van der Waals surface area contributed by atoms with E-state index in [1.54, 1.807) is 6.92 Å². The van der Waals surface area contributed by atoms with Gasteiger partial charge in [-0.15, -0.1) is 0 Å². The van der Waals surface area contributed by atoms with E-state index in [0.717, 1.165) is 11.0 Å². The molecule has 0 bridgehead atoms. The summed E-state index contributed by atoms with van der Waals surface area (Å²) < 4.78 is 39.2. The number of halogens is 3. The number of carbonyl (C=O) groups excluding carboxylic acids is 1. The Morgan fingerprint density at radius 1 is 1.21 bits per heavy atom. The number of hydrogen-bond donors (Lipinski definition) is 1. The zero-order valence-electron chi connectivity index (χ0n) is 10.1. The lowest BCUT2D eigenvalue weighted by Crippen LogP contribution is -2.36. The number of benzene rings is 1. The predicted octanol–water partition coefficient (Wildman–Crippen LogP) is 2.04. The minimum Gasteiger partial charge on any atom is -0.480 e. The van der Waals surface area contributed by atoms with E-state index >= 15 is 0 Å². The normalized spacial score (nSPS) is 10.3. The van der Waals surface area contributed by atoms with Crippen molar-refractivity contribution >= 4 is 11.9 Å². The van der Waals surface area contributed by atoms with Crippen molar-refractivity contribution in [1.29, 1.82) is 0 Å². The molecule has 0 saturated carbocycles. The molecule has 1 amide bonds. The minimum atomic E-state index is -1.75.